The fraction of sp³-hybridized carbons (Fsp3) is 0.136. The minimum Gasteiger partial charge on any atom is -0.478 e. The second-order valence-electron chi connectivity index (χ2n) is 6.56. The number of rotatable bonds is 5. The molecular weight excluding hydrogens is 388 g/mol. The predicted molar refractivity (Wildman–Crippen MR) is 114 cm³/mol. The van der Waals surface area contributed by atoms with Crippen molar-refractivity contribution in [2.24, 2.45) is 0 Å². The molecule has 2 aromatic rings. The number of allylic oxidation sites excluding steroid dienone is 1. The lowest BCUT2D eigenvalue weighted by Crippen LogP contribution is -2.44. The Labute approximate surface area is 173 Å². The van der Waals surface area contributed by atoms with Crippen LogP contribution in [0.2, 0.25) is 0 Å². The molecule has 0 fully saturated rings. The van der Waals surface area contributed by atoms with E-state index in [1.807, 2.05) is 31.2 Å². The van der Waals surface area contributed by atoms with Crippen LogP contribution < -0.4 is 15.4 Å². The lowest BCUT2D eigenvalue weighted by atomic mass is 9.96. The lowest BCUT2D eigenvalue weighted by molar-refractivity contribution is -0.133. The first-order valence-corrected chi connectivity index (χ1v) is 9.33. The smallest absolute Gasteiger partial charge is 0.336 e. The lowest BCUT2D eigenvalue weighted by Gasteiger charge is -2.28. The van der Waals surface area contributed by atoms with Gasteiger partial charge in [0.2, 0.25) is 0 Å². The van der Waals surface area contributed by atoms with Gasteiger partial charge in [0.25, 0.3) is 0 Å². The molecule has 0 aromatic heterocycles. The van der Waals surface area contributed by atoms with Crippen LogP contribution in [0.25, 0.3) is 6.08 Å². The molecule has 0 bridgehead atoms. The summed E-state index contributed by atoms with van der Waals surface area (Å²) in [6.07, 6.45) is 3.08. The summed E-state index contributed by atoms with van der Waals surface area (Å²) in [6, 6.07) is 13.8. The van der Waals surface area contributed by atoms with Gasteiger partial charge < -0.3 is 20.5 Å². The van der Waals surface area contributed by atoms with Crippen LogP contribution in [0.1, 0.15) is 29.7 Å². The quantitative estimate of drug-likeness (QED) is 0.302. The molecule has 29 heavy (non-hydrogen) atoms. The van der Waals surface area contributed by atoms with E-state index in [4.69, 9.17) is 17.0 Å². The number of carbonyl (C=O) groups is 2. The van der Waals surface area contributed by atoms with Crippen LogP contribution >= 0.6 is 12.2 Å². The molecule has 0 aliphatic carbocycles. The van der Waals surface area contributed by atoms with E-state index in [1.54, 1.807) is 37.3 Å². The average molecular weight is 408 g/mol. The summed E-state index contributed by atoms with van der Waals surface area (Å²) in [6.45, 7) is 3.63. The van der Waals surface area contributed by atoms with Crippen molar-refractivity contribution in [2.45, 2.75) is 19.9 Å². The maximum absolute atomic E-state index is 12.1. The number of hydrogen-bond donors (Lipinski definition) is 3. The molecule has 0 saturated carbocycles. The van der Waals surface area contributed by atoms with E-state index in [0.29, 0.717) is 22.1 Å². The predicted octanol–water partition coefficient (Wildman–Crippen LogP) is 3.49. The fourth-order valence-corrected chi connectivity index (χ4v) is 3.31. The van der Waals surface area contributed by atoms with Crippen LogP contribution in [-0.2, 0) is 9.59 Å². The zero-order valence-corrected chi connectivity index (χ0v) is 16.7. The van der Waals surface area contributed by atoms with Gasteiger partial charge in [0.15, 0.2) is 5.11 Å². The molecule has 6 nitrogen and oxygen atoms in total. The molecule has 1 unspecified atom stereocenters. The maximum atomic E-state index is 12.1. The normalized spacial score (nSPS) is 16.3. The molecule has 1 aliphatic rings. The highest BCUT2D eigenvalue weighted by molar-refractivity contribution is 7.80. The molecule has 0 saturated heterocycles. The van der Waals surface area contributed by atoms with E-state index < -0.39 is 18.0 Å². The minimum absolute atomic E-state index is 0.185. The summed E-state index contributed by atoms with van der Waals surface area (Å²) in [5.74, 6) is -1.17. The number of esters is 1. The number of benzene rings is 2. The van der Waals surface area contributed by atoms with Crippen LogP contribution in [0.5, 0.6) is 5.75 Å². The molecule has 1 heterocycles. The van der Waals surface area contributed by atoms with Crippen LogP contribution in [0.4, 0.5) is 0 Å². The fourth-order valence-electron chi connectivity index (χ4n) is 3.04. The van der Waals surface area contributed by atoms with Gasteiger partial charge in [-0.15, -0.1) is 0 Å². The Balaban J connectivity index is 1.72. The molecule has 0 spiro atoms. The Bertz CT molecular complexity index is 1030. The molecule has 2 aromatic carbocycles. The number of nitrogens with one attached hydrogen (secondary N) is 2. The summed E-state index contributed by atoms with van der Waals surface area (Å²) >= 11 is 5.13. The summed E-state index contributed by atoms with van der Waals surface area (Å²) in [5.41, 5.74) is 3.37. The van der Waals surface area contributed by atoms with E-state index in [0.717, 1.165) is 11.1 Å². The van der Waals surface area contributed by atoms with Crippen molar-refractivity contribution in [1.29, 1.82) is 0 Å². The average Bonchev–Trinajstić information content (AvgIpc) is 2.67. The zero-order chi connectivity index (χ0) is 21.0. The second kappa shape index (κ2) is 8.70. The van der Waals surface area contributed by atoms with E-state index >= 15 is 0 Å². The van der Waals surface area contributed by atoms with Gasteiger partial charge in [0, 0.05) is 11.8 Å². The van der Waals surface area contributed by atoms with E-state index in [2.05, 4.69) is 10.6 Å². The Kier molecular flexibility index (Phi) is 6.09. The minimum atomic E-state index is -1.04. The van der Waals surface area contributed by atoms with Crippen molar-refractivity contribution in [1.82, 2.24) is 10.6 Å². The Morgan fingerprint density at radius 1 is 1.10 bits per heavy atom. The monoisotopic (exact) mass is 408 g/mol. The Morgan fingerprint density at radius 3 is 2.45 bits per heavy atom. The van der Waals surface area contributed by atoms with Crippen molar-refractivity contribution in [2.75, 3.05) is 0 Å². The number of aryl methyl sites for hydroxylation is 1. The van der Waals surface area contributed by atoms with Crippen LogP contribution in [0, 0.1) is 6.92 Å². The number of ether oxygens (including phenoxy) is 1. The number of aliphatic carboxylic acids is 1. The molecule has 1 atom stereocenters. The largest absolute Gasteiger partial charge is 0.478 e. The van der Waals surface area contributed by atoms with E-state index in [-0.39, 0.29) is 5.57 Å². The zero-order valence-electron chi connectivity index (χ0n) is 15.9. The van der Waals surface area contributed by atoms with Crippen molar-refractivity contribution in [3.8, 4) is 5.75 Å². The Hall–Kier alpha value is -3.45. The van der Waals surface area contributed by atoms with E-state index in [9.17, 15) is 14.7 Å². The van der Waals surface area contributed by atoms with Gasteiger partial charge in [-0.1, -0.05) is 36.4 Å². The van der Waals surface area contributed by atoms with Gasteiger partial charge in [0.05, 0.1) is 11.6 Å². The first kappa shape index (κ1) is 20.3. The number of carboxylic acids is 1. The van der Waals surface area contributed by atoms with Gasteiger partial charge >= 0.3 is 11.9 Å². The Morgan fingerprint density at radius 2 is 1.79 bits per heavy atom. The molecule has 7 heteroatoms. The third-order valence-corrected chi connectivity index (χ3v) is 4.74. The molecule has 3 rings (SSSR count). The molecule has 0 amide bonds. The number of thiocarbonyl (C=S) groups is 1. The van der Waals surface area contributed by atoms with Crippen LogP contribution in [0.3, 0.4) is 0 Å². The molecule has 148 valence electrons. The molecule has 1 aliphatic heterocycles. The third-order valence-electron chi connectivity index (χ3n) is 4.52. The SMILES string of the molecule is CC1=C(C(=O)O)C(c2ccc(OC(=O)C=Cc3ccccc3C)cc2)NC(=S)N1. The summed E-state index contributed by atoms with van der Waals surface area (Å²) in [7, 11) is 0. The molecular formula is C22H20N2O4S. The maximum Gasteiger partial charge on any atom is 0.336 e. The summed E-state index contributed by atoms with van der Waals surface area (Å²) < 4.78 is 5.32. The summed E-state index contributed by atoms with van der Waals surface area (Å²) in [5, 5.41) is 15.7. The highest BCUT2D eigenvalue weighted by atomic mass is 32.1. The highest BCUT2D eigenvalue weighted by Crippen LogP contribution is 2.28. The first-order chi connectivity index (χ1) is 13.8. The standard InChI is InChI=1S/C22H20N2O4S/c1-13-5-3-4-6-15(13)9-12-18(25)28-17-10-7-16(8-11-17)20-19(21(26)27)14(2)23-22(29)24-20/h3-12,20H,1-2H3,(H,26,27)(H2,23,24,29). The second-order valence-corrected chi connectivity index (χ2v) is 6.96. The van der Waals surface area contributed by atoms with Gasteiger partial charge in [-0.25, -0.2) is 9.59 Å². The number of carboxylic acid groups (broad SMARTS) is 1. The highest BCUT2D eigenvalue weighted by Gasteiger charge is 2.29. The topological polar surface area (TPSA) is 87.7 Å². The van der Waals surface area contributed by atoms with Gasteiger partial charge in [-0.3, -0.25) is 0 Å². The van der Waals surface area contributed by atoms with Gasteiger partial charge in [-0.2, -0.15) is 0 Å². The van der Waals surface area contributed by atoms with Crippen molar-refractivity contribution in [3.63, 3.8) is 0 Å². The van der Waals surface area contributed by atoms with Gasteiger partial charge in [0.1, 0.15) is 5.75 Å². The van der Waals surface area contributed by atoms with E-state index in [1.165, 1.54) is 6.08 Å². The summed E-state index contributed by atoms with van der Waals surface area (Å²) in [4.78, 5) is 23.7. The number of hydrogen-bond acceptors (Lipinski definition) is 4. The molecule has 0 radical (unpaired) electrons. The van der Waals surface area contributed by atoms with Crippen molar-refractivity contribution in [3.05, 3.63) is 82.6 Å². The van der Waals surface area contributed by atoms with Crippen LogP contribution in [-0.4, -0.2) is 22.2 Å². The molecule has 3 N–H and O–H groups in total. The number of carbonyl (C=O) groups excluding carboxylic acids is 1. The van der Waals surface area contributed by atoms with Crippen LogP contribution in [0.15, 0.2) is 65.9 Å². The first-order valence-electron chi connectivity index (χ1n) is 8.92. The van der Waals surface area contributed by atoms with Crippen molar-refractivity contribution >= 4 is 35.3 Å². The van der Waals surface area contributed by atoms with Crippen molar-refractivity contribution < 1.29 is 19.4 Å². The third kappa shape index (κ3) is 4.89. The van der Waals surface area contributed by atoms with Gasteiger partial charge in [-0.05, 0) is 61.0 Å².